The lowest BCUT2D eigenvalue weighted by atomic mass is 9.98. The van der Waals surface area contributed by atoms with Gasteiger partial charge in [-0.05, 0) is 25.2 Å². The van der Waals surface area contributed by atoms with Crippen molar-refractivity contribution in [2.24, 2.45) is 11.8 Å². The number of aromatic nitrogens is 2. The van der Waals surface area contributed by atoms with Crippen LogP contribution >= 0.6 is 0 Å². The summed E-state index contributed by atoms with van der Waals surface area (Å²) in [6.07, 6.45) is 3.47. The molecular weight excluding hydrogens is 330 g/mol. The van der Waals surface area contributed by atoms with Crippen molar-refractivity contribution in [2.75, 3.05) is 49.2 Å². The molecule has 1 amide bonds. The second-order valence-corrected chi connectivity index (χ2v) is 7.68. The van der Waals surface area contributed by atoms with E-state index in [1.807, 2.05) is 0 Å². The Labute approximate surface area is 155 Å². The molecule has 2 saturated heterocycles. The van der Waals surface area contributed by atoms with Crippen molar-refractivity contribution in [3.63, 3.8) is 0 Å². The molecule has 0 aromatic carbocycles. The molecule has 3 aliphatic rings. The Kier molecular flexibility index (Phi) is 4.98. The van der Waals surface area contributed by atoms with Gasteiger partial charge >= 0.3 is 0 Å². The molecule has 1 saturated carbocycles. The molecule has 142 valence electrons. The van der Waals surface area contributed by atoms with E-state index in [0.29, 0.717) is 5.92 Å². The Morgan fingerprint density at radius 1 is 1.23 bits per heavy atom. The lowest BCUT2D eigenvalue weighted by molar-refractivity contribution is -0.119. The number of anilines is 2. The number of hydrogen-bond donors (Lipinski definition) is 1. The molecule has 7 heteroatoms. The Hall–Kier alpha value is -1.89. The topological polar surface area (TPSA) is 70.6 Å². The molecule has 0 unspecified atom stereocenters. The molecule has 4 rings (SSSR count). The van der Waals surface area contributed by atoms with Crippen LogP contribution in [-0.4, -0.2) is 61.3 Å². The number of aryl methyl sites for hydroxylation is 1. The van der Waals surface area contributed by atoms with Gasteiger partial charge in [0.15, 0.2) is 0 Å². The van der Waals surface area contributed by atoms with Crippen LogP contribution in [0.25, 0.3) is 0 Å². The van der Waals surface area contributed by atoms with Crippen LogP contribution < -0.4 is 15.1 Å². The third-order valence-corrected chi connectivity index (χ3v) is 5.72. The number of carbonyl (C=O) groups excluding carboxylic acids is 1. The number of nitrogens with zero attached hydrogens (tertiary/aromatic N) is 4. The van der Waals surface area contributed by atoms with Crippen molar-refractivity contribution in [3.8, 4) is 0 Å². The van der Waals surface area contributed by atoms with Crippen molar-refractivity contribution in [1.82, 2.24) is 15.3 Å². The Bertz CT molecular complexity index is 657. The van der Waals surface area contributed by atoms with Crippen LogP contribution in [0, 0.1) is 11.8 Å². The average molecular weight is 359 g/mol. The highest BCUT2D eigenvalue weighted by molar-refractivity contribution is 5.73. The highest BCUT2D eigenvalue weighted by Crippen LogP contribution is 2.42. The Balaban J connectivity index is 1.57. The molecule has 0 radical (unpaired) electrons. The summed E-state index contributed by atoms with van der Waals surface area (Å²) < 4.78 is 5.46. The first kappa shape index (κ1) is 17.5. The number of nitrogens with one attached hydrogen (secondary N) is 1. The van der Waals surface area contributed by atoms with E-state index >= 15 is 0 Å². The number of morpholine rings is 1. The van der Waals surface area contributed by atoms with Gasteiger partial charge in [-0.3, -0.25) is 4.79 Å². The molecule has 3 heterocycles. The third-order valence-electron chi connectivity index (χ3n) is 5.72. The monoisotopic (exact) mass is 359 g/mol. The van der Waals surface area contributed by atoms with E-state index in [-0.39, 0.29) is 11.9 Å². The van der Waals surface area contributed by atoms with E-state index in [1.165, 1.54) is 12.8 Å². The molecule has 1 aromatic rings. The predicted molar refractivity (Wildman–Crippen MR) is 100 cm³/mol. The average Bonchev–Trinajstić information content (AvgIpc) is 3.42. The van der Waals surface area contributed by atoms with Crippen molar-refractivity contribution in [2.45, 2.75) is 39.2 Å². The summed E-state index contributed by atoms with van der Waals surface area (Å²) in [5.41, 5.74) is 1.07. The van der Waals surface area contributed by atoms with Crippen LogP contribution in [0.4, 0.5) is 11.8 Å². The maximum atomic E-state index is 11.6. The largest absolute Gasteiger partial charge is 0.378 e. The van der Waals surface area contributed by atoms with Crippen LogP contribution in [0.15, 0.2) is 6.07 Å². The lowest BCUT2D eigenvalue weighted by Crippen LogP contribution is -2.40. The number of rotatable bonds is 5. The van der Waals surface area contributed by atoms with E-state index in [0.717, 1.165) is 69.2 Å². The van der Waals surface area contributed by atoms with E-state index in [1.54, 1.807) is 6.92 Å². The molecule has 0 bridgehead atoms. The fourth-order valence-corrected chi connectivity index (χ4v) is 4.15. The van der Waals surface area contributed by atoms with Crippen LogP contribution in [0.1, 0.15) is 32.4 Å². The number of carbonyl (C=O) groups is 1. The smallest absolute Gasteiger partial charge is 0.227 e. The SMILES string of the molecule is CCc1cc(N2C[C@H](NC(C)=O)[C@@H](C3CC3)C2)nc(N2CCOCC2)n1. The van der Waals surface area contributed by atoms with E-state index in [9.17, 15) is 4.79 Å². The van der Waals surface area contributed by atoms with Crippen molar-refractivity contribution >= 4 is 17.7 Å². The van der Waals surface area contributed by atoms with Gasteiger partial charge in [0.25, 0.3) is 0 Å². The quantitative estimate of drug-likeness (QED) is 0.853. The number of hydrogen-bond acceptors (Lipinski definition) is 6. The zero-order chi connectivity index (χ0) is 18.1. The first-order valence-corrected chi connectivity index (χ1v) is 9.86. The van der Waals surface area contributed by atoms with Crippen LogP contribution in [-0.2, 0) is 16.0 Å². The van der Waals surface area contributed by atoms with Gasteiger partial charge in [-0.1, -0.05) is 6.92 Å². The van der Waals surface area contributed by atoms with E-state index in [2.05, 4.69) is 28.1 Å². The summed E-state index contributed by atoms with van der Waals surface area (Å²) in [5.74, 6) is 3.16. The molecule has 2 atom stereocenters. The van der Waals surface area contributed by atoms with Crippen LogP contribution in [0.3, 0.4) is 0 Å². The summed E-state index contributed by atoms with van der Waals surface area (Å²) in [6.45, 7) is 8.69. The first-order chi connectivity index (χ1) is 12.6. The maximum Gasteiger partial charge on any atom is 0.227 e. The summed E-state index contributed by atoms with van der Waals surface area (Å²) in [5, 5.41) is 3.17. The molecule has 2 aliphatic heterocycles. The highest BCUT2D eigenvalue weighted by Gasteiger charge is 2.43. The standard InChI is InChI=1S/C19H29N5O2/c1-3-15-10-18(22-19(21-15)23-6-8-26-9-7-23)24-11-16(14-4-5-14)17(12-24)20-13(2)25/h10,14,16-17H,3-9,11-12H2,1-2H3,(H,20,25)/t16-,17+/m1/s1. The molecule has 3 fully saturated rings. The first-order valence-electron chi connectivity index (χ1n) is 9.86. The molecule has 1 aromatic heterocycles. The summed E-state index contributed by atoms with van der Waals surface area (Å²) in [6, 6.07) is 2.34. The normalized spacial score (nSPS) is 26.2. The number of amides is 1. The van der Waals surface area contributed by atoms with Gasteiger partial charge in [-0.2, -0.15) is 4.98 Å². The van der Waals surface area contributed by atoms with Gasteiger partial charge in [0.05, 0.1) is 19.3 Å². The second-order valence-electron chi connectivity index (χ2n) is 7.68. The van der Waals surface area contributed by atoms with E-state index < -0.39 is 0 Å². The van der Waals surface area contributed by atoms with Crippen molar-refractivity contribution < 1.29 is 9.53 Å². The molecule has 7 nitrogen and oxygen atoms in total. The zero-order valence-electron chi connectivity index (χ0n) is 15.8. The lowest BCUT2D eigenvalue weighted by Gasteiger charge is -2.28. The highest BCUT2D eigenvalue weighted by atomic mass is 16.5. The van der Waals surface area contributed by atoms with Crippen LogP contribution in [0.5, 0.6) is 0 Å². The van der Waals surface area contributed by atoms with Gasteiger partial charge in [-0.15, -0.1) is 0 Å². The molecule has 1 aliphatic carbocycles. The Morgan fingerprint density at radius 2 is 2.00 bits per heavy atom. The summed E-state index contributed by atoms with van der Waals surface area (Å²) in [7, 11) is 0. The third kappa shape index (κ3) is 3.77. The molecular formula is C19H29N5O2. The van der Waals surface area contributed by atoms with Crippen molar-refractivity contribution in [3.05, 3.63) is 11.8 Å². The van der Waals surface area contributed by atoms with Gasteiger partial charge in [0, 0.05) is 50.8 Å². The Morgan fingerprint density at radius 3 is 2.65 bits per heavy atom. The zero-order valence-corrected chi connectivity index (χ0v) is 15.8. The van der Waals surface area contributed by atoms with E-state index in [4.69, 9.17) is 14.7 Å². The number of ether oxygens (including phenoxy) is 1. The predicted octanol–water partition coefficient (Wildman–Crippen LogP) is 1.23. The summed E-state index contributed by atoms with van der Waals surface area (Å²) >= 11 is 0. The molecule has 26 heavy (non-hydrogen) atoms. The van der Waals surface area contributed by atoms with Gasteiger partial charge in [0.1, 0.15) is 5.82 Å². The van der Waals surface area contributed by atoms with Gasteiger partial charge < -0.3 is 19.9 Å². The maximum absolute atomic E-state index is 11.6. The minimum Gasteiger partial charge on any atom is -0.378 e. The van der Waals surface area contributed by atoms with Crippen molar-refractivity contribution in [1.29, 1.82) is 0 Å². The summed E-state index contributed by atoms with van der Waals surface area (Å²) in [4.78, 5) is 25.8. The minimum atomic E-state index is 0.0634. The minimum absolute atomic E-state index is 0.0634. The molecule has 1 N–H and O–H groups in total. The fourth-order valence-electron chi connectivity index (χ4n) is 4.15. The van der Waals surface area contributed by atoms with Crippen LogP contribution in [0.2, 0.25) is 0 Å². The molecule has 0 spiro atoms. The van der Waals surface area contributed by atoms with Gasteiger partial charge in [-0.25, -0.2) is 4.98 Å². The fraction of sp³-hybridized carbons (Fsp3) is 0.737. The van der Waals surface area contributed by atoms with Gasteiger partial charge in [0.2, 0.25) is 11.9 Å². The second kappa shape index (κ2) is 7.39.